The highest BCUT2D eigenvalue weighted by Crippen LogP contribution is 2.38. The van der Waals surface area contributed by atoms with Crippen molar-refractivity contribution in [3.05, 3.63) is 60.2 Å². The molecule has 1 fully saturated rings. The van der Waals surface area contributed by atoms with Crippen LogP contribution in [0.15, 0.2) is 59.5 Å². The van der Waals surface area contributed by atoms with Crippen molar-refractivity contribution in [3.63, 3.8) is 0 Å². The minimum atomic E-state index is -3.82. The van der Waals surface area contributed by atoms with Crippen molar-refractivity contribution in [1.82, 2.24) is 14.1 Å². The van der Waals surface area contributed by atoms with Gasteiger partial charge in [-0.1, -0.05) is 30.3 Å². The molecule has 2 amide bonds. The molecule has 0 aromatic heterocycles. The van der Waals surface area contributed by atoms with E-state index in [1.54, 1.807) is 31.1 Å². The molecule has 0 saturated carbocycles. The van der Waals surface area contributed by atoms with Gasteiger partial charge in [0.15, 0.2) is 0 Å². The van der Waals surface area contributed by atoms with Crippen LogP contribution in [0.5, 0.6) is 5.75 Å². The number of ether oxygens (including phenoxy) is 1. The number of rotatable bonds is 4. The second kappa shape index (κ2) is 7.81. The lowest BCUT2D eigenvalue weighted by atomic mass is 10.1. The third-order valence-electron chi connectivity index (χ3n) is 4.82. The Hall–Kier alpha value is -2.58. The number of sulfonamides is 1. The van der Waals surface area contributed by atoms with Crippen LogP contribution in [0.4, 0.5) is 4.79 Å². The van der Waals surface area contributed by atoms with Crippen LogP contribution in [0.3, 0.4) is 0 Å². The molecule has 150 valence electrons. The van der Waals surface area contributed by atoms with Gasteiger partial charge in [0.25, 0.3) is 0 Å². The molecule has 1 aliphatic rings. The first-order valence-electron chi connectivity index (χ1n) is 8.98. The van der Waals surface area contributed by atoms with Crippen molar-refractivity contribution in [2.75, 3.05) is 27.7 Å². The summed E-state index contributed by atoms with van der Waals surface area (Å²) in [4.78, 5) is 16.1. The molecule has 0 N–H and O–H groups in total. The van der Waals surface area contributed by atoms with Crippen LogP contribution in [0, 0.1) is 0 Å². The number of amides is 2. The number of benzene rings is 2. The van der Waals surface area contributed by atoms with E-state index in [-0.39, 0.29) is 23.5 Å². The summed E-state index contributed by atoms with van der Waals surface area (Å²) < 4.78 is 33.4. The van der Waals surface area contributed by atoms with Crippen LogP contribution < -0.4 is 4.74 Å². The Kier molecular flexibility index (Phi) is 5.62. The second-order valence-electron chi connectivity index (χ2n) is 6.97. The molecule has 8 heteroatoms. The number of hydrogen-bond donors (Lipinski definition) is 0. The number of carbonyl (C=O) groups is 1. The fourth-order valence-electron chi connectivity index (χ4n) is 3.42. The van der Waals surface area contributed by atoms with Gasteiger partial charge in [-0.15, -0.1) is 0 Å². The van der Waals surface area contributed by atoms with E-state index in [1.165, 1.54) is 28.4 Å². The van der Waals surface area contributed by atoms with Crippen molar-refractivity contribution >= 4 is 16.1 Å². The van der Waals surface area contributed by atoms with Gasteiger partial charge in [0, 0.05) is 26.7 Å². The van der Waals surface area contributed by atoms with E-state index in [1.807, 2.05) is 37.3 Å². The normalized spacial score (nSPS) is 20.2. The molecule has 1 aliphatic heterocycles. The van der Waals surface area contributed by atoms with E-state index in [4.69, 9.17) is 4.74 Å². The summed E-state index contributed by atoms with van der Waals surface area (Å²) in [7, 11) is 1.04. The minimum absolute atomic E-state index is 0.167. The molecule has 0 bridgehead atoms. The Labute approximate surface area is 166 Å². The molecular weight excluding hydrogens is 378 g/mol. The lowest BCUT2D eigenvalue weighted by Gasteiger charge is -2.33. The largest absolute Gasteiger partial charge is 0.497 e. The minimum Gasteiger partial charge on any atom is -0.497 e. The van der Waals surface area contributed by atoms with Crippen molar-refractivity contribution in [3.8, 4) is 5.75 Å². The third kappa shape index (κ3) is 3.57. The molecule has 0 radical (unpaired) electrons. The number of urea groups is 1. The zero-order valence-corrected chi connectivity index (χ0v) is 17.3. The van der Waals surface area contributed by atoms with E-state index in [9.17, 15) is 13.2 Å². The van der Waals surface area contributed by atoms with Crippen molar-refractivity contribution in [2.24, 2.45) is 0 Å². The lowest BCUT2D eigenvalue weighted by Crippen LogP contribution is -2.44. The highest BCUT2D eigenvalue weighted by molar-refractivity contribution is 7.89. The van der Waals surface area contributed by atoms with Gasteiger partial charge in [0.2, 0.25) is 10.0 Å². The van der Waals surface area contributed by atoms with Crippen LogP contribution in [0.1, 0.15) is 18.7 Å². The monoisotopic (exact) mass is 403 g/mol. The fraction of sp³-hybridized carbons (Fsp3) is 0.350. The molecule has 2 aromatic rings. The van der Waals surface area contributed by atoms with Gasteiger partial charge < -0.3 is 9.64 Å². The van der Waals surface area contributed by atoms with Gasteiger partial charge in [-0.3, -0.25) is 4.90 Å². The average Bonchev–Trinajstić information content (AvgIpc) is 3.05. The molecule has 2 aromatic carbocycles. The molecular formula is C20H25N3O4S. The van der Waals surface area contributed by atoms with Crippen LogP contribution >= 0.6 is 0 Å². The molecule has 2 atom stereocenters. The van der Waals surface area contributed by atoms with E-state index in [2.05, 4.69) is 0 Å². The number of carbonyl (C=O) groups excluding carboxylic acids is 1. The molecule has 7 nitrogen and oxygen atoms in total. The van der Waals surface area contributed by atoms with Crippen LogP contribution in [-0.2, 0) is 10.0 Å². The molecule has 0 spiro atoms. The topological polar surface area (TPSA) is 70.2 Å². The molecule has 1 saturated heterocycles. The highest BCUT2D eigenvalue weighted by Gasteiger charge is 2.47. The molecule has 28 heavy (non-hydrogen) atoms. The SMILES string of the molecule is COc1ccc(S(=O)(=O)N2C[C@H](C)N(C(=O)N(C)C)[C@H]2c2ccccc2)cc1. The number of methoxy groups -OCH3 is 1. The molecule has 3 rings (SSSR count). The Morgan fingerprint density at radius 1 is 1.07 bits per heavy atom. The zero-order valence-electron chi connectivity index (χ0n) is 16.4. The summed E-state index contributed by atoms with van der Waals surface area (Å²) in [5.74, 6) is 0.581. The number of nitrogens with zero attached hydrogens (tertiary/aromatic N) is 3. The number of hydrogen-bond acceptors (Lipinski definition) is 4. The van der Waals surface area contributed by atoms with Gasteiger partial charge in [-0.05, 0) is 36.8 Å². The first-order chi connectivity index (χ1) is 13.3. The maximum absolute atomic E-state index is 13.4. The van der Waals surface area contributed by atoms with Crippen molar-refractivity contribution < 1.29 is 17.9 Å². The standard InChI is InChI=1S/C20H25N3O4S/c1-15-14-22(28(25,26)18-12-10-17(27-4)11-13-18)19(16-8-6-5-7-9-16)23(15)20(24)21(2)3/h5-13,15,19H,14H2,1-4H3/t15-,19-/m0/s1. The van der Waals surface area contributed by atoms with Gasteiger partial charge in [0.05, 0.1) is 12.0 Å². The third-order valence-corrected chi connectivity index (χ3v) is 6.66. The van der Waals surface area contributed by atoms with Gasteiger partial charge in [0.1, 0.15) is 11.9 Å². The quantitative estimate of drug-likeness (QED) is 0.787. The van der Waals surface area contributed by atoms with Crippen LogP contribution in [0.25, 0.3) is 0 Å². The van der Waals surface area contributed by atoms with E-state index in [0.29, 0.717) is 5.75 Å². The summed E-state index contributed by atoms with van der Waals surface area (Å²) in [6, 6.07) is 15.0. The Morgan fingerprint density at radius 3 is 2.21 bits per heavy atom. The summed E-state index contributed by atoms with van der Waals surface area (Å²) in [5, 5.41) is 0. The fourth-order valence-corrected chi connectivity index (χ4v) is 5.07. The predicted octanol–water partition coefficient (Wildman–Crippen LogP) is 2.77. The first kappa shape index (κ1) is 20.2. The van der Waals surface area contributed by atoms with E-state index >= 15 is 0 Å². The Morgan fingerprint density at radius 2 is 1.68 bits per heavy atom. The predicted molar refractivity (Wildman–Crippen MR) is 106 cm³/mol. The summed E-state index contributed by atoms with van der Waals surface area (Å²) >= 11 is 0. The summed E-state index contributed by atoms with van der Waals surface area (Å²) in [6.07, 6.45) is -0.710. The molecule has 1 heterocycles. The zero-order chi connectivity index (χ0) is 20.5. The van der Waals surface area contributed by atoms with Gasteiger partial charge >= 0.3 is 6.03 Å². The summed E-state index contributed by atoms with van der Waals surface area (Å²) in [5.41, 5.74) is 0.749. The van der Waals surface area contributed by atoms with Crippen molar-refractivity contribution in [2.45, 2.75) is 24.0 Å². The van der Waals surface area contributed by atoms with Crippen LogP contribution in [-0.4, -0.2) is 62.3 Å². The smallest absolute Gasteiger partial charge is 0.321 e. The maximum atomic E-state index is 13.4. The Balaban J connectivity index is 2.08. The van der Waals surface area contributed by atoms with Gasteiger partial charge in [-0.25, -0.2) is 13.2 Å². The first-order valence-corrected chi connectivity index (χ1v) is 10.4. The van der Waals surface area contributed by atoms with Crippen LogP contribution in [0.2, 0.25) is 0 Å². The van der Waals surface area contributed by atoms with E-state index in [0.717, 1.165) is 5.56 Å². The highest BCUT2D eigenvalue weighted by atomic mass is 32.2. The average molecular weight is 404 g/mol. The molecule has 0 unspecified atom stereocenters. The maximum Gasteiger partial charge on any atom is 0.321 e. The lowest BCUT2D eigenvalue weighted by molar-refractivity contribution is 0.138. The molecule has 0 aliphatic carbocycles. The van der Waals surface area contributed by atoms with Gasteiger partial charge in [-0.2, -0.15) is 4.31 Å². The van der Waals surface area contributed by atoms with E-state index < -0.39 is 16.2 Å². The summed E-state index contributed by atoms with van der Waals surface area (Å²) in [6.45, 7) is 2.08. The van der Waals surface area contributed by atoms with Crippen molar-refractivity contribution in [1.29, 1.82) is 0 Å². The second-order valence-corrected chi connectivity index (χ2v) is 8.86. The Bertz CT molecular complexity index is 930.